The molecule has 0 saturated carbocycles. The van der Waals surface area contributed by atoms with Crippen molar-refractivity contribution in [2.75, 3.05) is 18.1 Å². The van der Waals surface area contributed by atoms with E-state index in [1.54, 1.807) is 4.90 Å². The maximum absolute atomic E-state index is 12.8. The quantitative estimate of drug-likeness (QED) is 0.830. The molecule has 0 spiro atoms. The van der Waals surface area contributed by atoms with Crippen LogP contribution in [0.3, 0.4) is 0 Å². The summed E-state index contributed by atoms with van der Waals surface area (Å²) < 4.78 is 5.49. The van der Waals surface area contributed by atoms with Crippen LogP contribution in [0.4, 0.5) is 11.4 Å². The topological polar surface area (TPSA) is 58.6 Å². The molecule has 0 aromatic heterocycles. The molecule has 3 rings (SSSR count). The molecule has 26 heavy (non-hydrogen) atoms. The Morgan fingerprint density at radius 1 is 0.962 bits per heavy atom. The maximum atomic E-state index is 12.8. The molecule has 0 aliphatic carbocycles. The molecule has 2 aromatic rings. The molecule has 0 radical (unpaired) electrons. The van der Waals surface area contributed by atoms with Crippen molar-refractivity contribution in [3.05, 3.63) is 60.7 Å². The zero-order chi connectivity index (χ0) is 18.2. The smallest absolute Gasteiger partial charge is 0.232 e. The molecular weight excluding hydrogens is 328 g/mol. The second-order valence-corrected chi connectivity index (χ2v) is 6.34. The lowest BCUT2D eigenvalue weighted by Gasteiger charge is -2.23. The number of rotatable bonds is 7. The fourth-order valence-corrected chi connectivity index (χ4v) is 3.04. The number of carbonyl (C=O) groups is 2. The van der Waals surface area contributed by atoms with Gasteiger partial charge in [-0.15, -0.1) is 0 Å². The molecule has 1 atom stereocenters. The van der Waals surface area contributed by atoms with Gasteiger partial charge in [-0.05, 0) is 37.1 Å². The summed E-state index contributed by atoms with van der Waals surface area (Å²) in [4.78, 5) is 26.6. The van der Waals surface area contributed by atoms with Crippen LogP contribution in [-0.2, 0) is 14.3 Å². The summed E-state index contributed by atoms with van der Waals surface area (Å²) in [6, 6.07) is 19.0. The number of hydrogen-bond donors (Lipinski definition) is 1. The van der Waals surface area contributed by atoms with Crippen molar-refractivity contribution in [2.45, 2.75) is 31.8 Å². The first-order valence-electron chi connectivity index (χ1n) is 9.05. The molecule has 2 amide bonds. The molecule has 136 valence electrons. The zero-order valence-corrected chi connectivity index (χ0v) is 14.8. The van der Waals surface area contributed by atoms with Crippen LogP contribution in [0.15, 0.2) is 60.7 Å². The van der Waals surface area contributed by atoms with Crippen LogP contribution in [0, 0.1) is 0 Å². The molecule has 5 nitrogen and oxygen atoms in total. The predicted octanol–water partition coefficient (Wildman–Crippen LogP) is 3.43. The normalized spacial score (nSPS) is 16.2. The number of amides is 2. The Labute approximate surface area is 154 Å². The molecule has 1 N–H and O–H groups in total. The van der Waals surface area contributed by atoms with Gasteiger partial charge in [0.2, 0.25) is 11.8 Å². The third-order valence-corrected chi connectivity index (χ3v) is 4.40. The van der Waals surface area contributed by atoms with Gasteiger partial charge in [0.1, 0.15) is 0 Å². The van der Waals surface area contributed by atoms with E-state index in [4.69, 9.17) is 4.74 Å². The number of anilines is 2. The number of benzene rings is 2. The Morgan fingerprint density at radius 2 is 1.58 bits per heavy atom. The van der Waals surface area contributed by atoms with Crippen LogP contribution < -0.4 is 10.2 Å². The minimum Gasteiger partial charge on any atom is -0.376 e. The number of hydrogen-bond acceptors (Lipinski definition) is 3. The van der Waals surface area contributed by atoms with Crippen molar-refractivity contribution in [3.63, 3.8) is 0 Å². The average molecular weight is 352 g/mol. The van der Waals surface area contributed by atoms with Gasteiger partial charge < -0.3 is 10.1 Å². The van der Waals surface area contributed by atoms with Crippen LogP contribution >= 0.6 is 0 Å². The Kier molecular flexibility index (Phi) is 6.39. The Morgan fingerprint density at radius 3 is 2.12 bits per heavy atom. The lowest BCUT2D eigenvalue weighted by molar-refractivity contribution is -0.125. The third kappa shape index (κ3) is 4.92. The molecular formula is C21H24N2O3. The van der Waals surface area contributed by atoms with E-state index in [0.29, 0.717) is 6.54 Å². The van der Waals surface area contributed by atoms with E-state index in [9.17, 15) is 9.59 Å². The number of ether oxygens (including phenoxy) is 1. The van der Waals surface area contributed by atoms with Crippen molar-refractivity contribution in [3.8, 4) is 0 Å². The third-order valence-electron chi connectivity index (χ3n) is 4.40. The van der Waals surface area contributed by atoms with Crippen LogP contribution in [0.2, 0.25) is 0 Å². The summed E-state index contributed by atoms with van der Waals surface area (Å²) >= 11 is 0. The highest BCUT2D eigenvalue weighted by atomic mass is 16.5. The second-order valence-electron chi connectivity index (χ2n) is 6.34. The molecule has 1 aliphatic heterocycles. The standard InChI is InChI=1S/C21H24N2O3/c24-20(22-16-19-12-7-15-26-19)13-14-21(25)23(17-8-3-1-4-9-17)18-10-5-2-6-11-18/h1-6,8-11,19H,7,12-16H2,(H,22,24)/t19-/m1/s1. The largest absolute Gasteiger partial charge is 0.376 e. The van der Waals surface area contributed by atoms with Gasteiger partial charge in [-0.25, -0.2) is 0 Å². The SMILES string of the molecule is O=C(CCC(=O)N(c1ccccc1)c1ccccc1)NC[C@H]1CCCO1. The van der Waals surface area contributed by atoms with Crippen molar-refractivity contribution in [1.29, 1.82) is 0 Å². The van der Waals surface area contributed by atoms with Gasteiger partial charge in [0.15, 0.2) is 0 Å². The molecule has 5 heteroatoms. The van der Waals surface area contributed by atoms with Gasteiger partial charge in [-0.1, -0.05) is 36.4 Å². The summed E-state index contributed by atoms with van der Waals surface area (Å²) in [5, 5.41) is 2.86. The van der Waals surface area contributed by atoms with E-state index in [2.05, 4.69) is 5.32 Å². The van der Waals surface area contributed by atoms with Crippen molar-refractivity contribution in [2.24, 2.45) is 0 Å². The van der Waals surface area contributed by atoms with Crippen LogP contribution in [0.1, 0.15) is 25.7 Å². The van der Waals surface area contributed by atoms with Gasteiger partial charge in [-0.2, -0.15) is 0 Å². The first-order valence-corrected chi connectivity index (χ1v) is 9.05. The molecule has 0 unspecified atom stereocenters. The number of carbonyl (C=O) groups excluding carboxylic acids is 2. The summed E-state index contributed by atoms with van der Waals surface area (Å²) in [5.74, 6) is -0.218. The number of para-hydroxylation sites is 2. The van der Waals surface area contributed by atoms with E-state index in [1.165, 1.54) is 0 Å². The van der Waals surface area contributed by atoms with Gasteiger partial charge >= 0.3 is 0 Å². The van der Waals surface area contributed by atoms with Gasteiger partial charge in [0.25, 0.3) is 0 Å². The fourth-order valence-electron chi connectivity index (χ4n) is 3.04. The first kappa shape index (κ1) is 18.1. The van der Waals surface area contributed by atoms with E-state index in [-0.39, 0.29) is 30.8 Å². The van der Waals surface area contributed by atoms with E-state index >= 15 is 0 Å². The van der Waals surface area contributed by atoms with E-state index in [1.807, 2.05) is 60.7 Å². The first-order chi connectivity index (χ1) is 12.7. The highest BCUT2D eigenvalue weighted by Crippen LogP contribution is 2.26. The van der Waals surface area contributed by atoms with Gasteiger partial charge in [-0.3, -0.25) is 14.5 Å². The Balaban J connectivity index is 1.60. The fraction of sp³-hybridized carbons (Fsp3) is 0.333. The average Bonchev–Trinajstić information content (AvgIpc) is 3.20. The molecule has 1 saturated heterocycles. The highest BCUT2D eigenvalue weighted by Gasteiger charge is 2.20. The van der Waals surface area contributed by atoms with E-state index in [0.717, 1.165) is 30.8 Å². The molecule has 1 fully saturated rings. The second kappa shape index (κ2) is 9.15. The Bertz CT molecular complexity index is 673. The summed E-state index contributed by atoms with van der Waals surface area (Å²) in [7, 11) is 0. The highest BCUT2D eigenvalue weighted by molar-refractivity contribution is 6.01. The minimum atomic E-state index is -0.116. The van der Waals surface area contributed by atoms with Crippen LogP contribution in [0.5, 0.6) is 0 Å². The zero-order valence-electron chi connectivity index (χ0n) is 14.8. The number of nitrogens with zero attached hydrogens (tertiary/aromatic N) is 1. The summed E-state index contributed by atoms with van der Waals surface area (Å²) in [6.07, 6.45) is 2.46. The molecule has 1 aliphatic rings. The maximum Gasteiger partial charge on any atom is 0.232 e. The van der Waals surface area contributed by atoms with Crippen molar-refractivity contribution >= 4 is 23.2 Å². The summed E-state index contributed by atoms with van der Waals surface area (Å²) in [6.45, 7) is 1.29. The molecule has 2 aromatic carbocycles. The molecule has 1 heterocycles. The van der Waals surface area contributed by atoms with Gasteiger partial charge in [0, 0.05) is 37.4 Å². The van der Waals surface area contributed by atoms with Crippen LogP contribution in [0.25, 0.3) is 0 Å². The van der Waals surface area contributed by atoms with E-state index < -0.39 is 0 Å². The van der Waals surface area contributed by atoms with Crippen molar-refractivity contribution in [1.82, 2.24) is 5.32 Å². The molecule has 0 bridgehead atoms. The van der Waals surface area contributed by atoms with Gasteiger partial charge in [0.05, 0.1) is 6.10 Å². The lowest BCUT2D eigenvalue weighted by Crippen LogP contribution is -2.33. The number of nitrogens with one attached hydrogen (secondary N) is 1. The monoisotopic (exact) mass is 352 g/mol. The summed E-state index contributed by atoms with van der Waals surface area (Å²) in [5.41, 5.74) is 1.59. The Hall–Kier alpha value is -2.66. The predicted molar refractivity (Wildman–Crippen MR) is 101 cm³/mol. The minimum absolute atomic E-state index is 0.102. The lowest BCUT2D eigenvalue weighted by atomic mass is 10.2. The van der Waals surface area contributed by atoms with Crippen LogP contribution in [-0.4, -0.2) is 31.1 Å². The van der Waals surface area contributed by atoms with Crippen molar-refractivity contribution < 1.29 is 14.3 Å².